The number of fused-ring (bicyclic) bond motifs is 1. The minimum Gasteiger partial charge on any atom is -0.496 e. The van der Waals surface area contributed by atoms with Gasteiger partial charge < -0.3 is 9.15 Å². The van der Waals surface area contributed by atoms with E-state index in [-0.39, 0.29) is 5.63 Å². The van der Waals surface area contributed by atoms with E-state index >= 15 is 0 Å². The second kappa shape index (κ2) is 6.40. The fraction of sp³-hybridized carbons (Fsp3) is 0.318. The average Bonchev–Trinajstić information content (AvgIpc) is 2.60. The smallest absolute Gasteiger partial charge is 0.339 e. The lowest BCUT2D eigenvalue weighted by molar-refractivity contribution is 0.418. The summed E-state index contributed by atoms with van der Waals surface area (Å²) in [6.07, 6.45) is 0. The van der Waals surface area contributed by atoms with E-state index in [1.165, 1.54) is 5.56 Å². The summed E-state index contributed by atoms with van der Waals surface area (Å²) < 4.78 is 11.3. The molecule has 0 aliphatic carbocycles. The third kappa shape index (κ3) is 2.84. The lowest BCUT2D eigenvalue weighted by Gasteiger charge is -2.15. The molecule has 130 valence electrons. The summed E-state index contributed by atoms with van der Waals surface area (Å²) in [6.45, 7) is 10.1. The molecule has 0 fully saturated rings. The molecule has 2 aromatic carbocycles. The molecule has 25 heavy (non-hydrogen) atoms. The van der Waals surface area contributed by atoms with Crippen LogP contribution >= 0.6 is 0 Å². The first-order chi connectivity index (χ1) is 11.8. The predicted octanol–water partition coefficient (Wildman–Crippen LogP) is 5.52. The van der Waals surface area contributed by atoms with Gasteiger partial charge in [0.05, 0.1) is 12.5 Å². The molecule has 1 aromatic heterocycles. The van der Waals surface area contributed by atoms with E-state index in [1.54, 1.807) is 14.0 Å². The van der Waals surface area contributed by atoms with Gasteiger partial charge in [-0.25, -0.2) is 4.79 Å². The van der Waals surface area contributed by atoms with E-state index in [1.807, 2.05) is 19.9 Å². The van der Waals surface area contributed by atoms with Gasteiger partial charge in [-0.15, -0.1) is 0 Å². The fourth-order valence-electron chi connectivity index (χ4n) is 3.23. The fourth-order valence-corrected chi connectivity index (χ4v) is 3.23. The third-order valence-electron chi connectivity index (χ3n) is 5.04. The van der Waals surface area contributed by atoms with Gasteiger partial charge in [-0.05, 0) is 55.0 Å². The molecule has 0 radical (unpaired) electrons. The second-order valence-electron chi connectivity index (χ2n) is 6.87. The van der Waals surface area contributed by atoms with Crippen molar-refractivity contribution in [1.82, 2.24) is 0 Å². The van der Waals surface area contributed by atoms with Gasteiger partial charge in [-0.2, -0.15) is 0 Å². The van der Waals surface area contributed by atoms with Gasteiger partial charge in [-0.1, -0.05) is 38.1 Å². The van der Waals surface area contributed by atoms with Crippen molar-refractivity contribution < 1.29 is 9.15 Å². The summed E-state index contributed by atoms with van der Waals surface area (Å²) in [4.78, 5) is 12.2. The van der Waals surface area contributed by atoms with Gasteiger partial charge in [0.15, 0.2) is 0 Å². The molecular formula is C22H24O3. The molecule has 0 saturated carbocycles. The Balaban J connectivity index is 2.32. The maximum Gasteiger partial charge on any atom is 0.339 e. The summed E-state index contributed by atoms with van der Waals surface area (Å²) in [5.74, 6) is 1.22. The van der Waals surface area contributed by atoms with Crippen molar-refractivity contribution in [3.05, 3.63) is 63.0 Å². The monoisotopic (exact) mass is 336 g/mol. The van der Waals surface area contributed by atoms with E-state index in [9.17, 15) is 4.79 Å². The highest BCUT2D eigenvalue weighted by atomic mass is 16.5. The molecule has 0 amide bonds. The SMILES string of the molecule is COc1cc(-c2ccc(C(C)C)cc2)c(C)c2oc(=O)c(C)c(C)c12. The molecule has 0 aliphatic heterocycles. The standard InChI is InChI=1S/C22H24O3/c1-12(2)16-7-9-17(10-8-16)18-11-19(24-6)20-13(3)14(4)22(23)25-21(20)15(18)5/h7-12H,1-6H3. The first kappa shape index (κ1) is 17.3. The van der Waals surface area contributed by atoms with Gasteiger partial charge in [0.2, 0.25) is 0 Å². The van der Waals surface area contributed by atoms with E-state index in [0.29, 0.717) is 17.1 Å². The van der Waals surface area contributed by atoms with Crippen LogP contribution in [-0.2, 0) is 0 Å². The molecule has 3 heteroatoms. The minimum atomic E-state index is -0.289. The predicted molar refractivity (Wildman–Crippen MR) is 103 cm³/mol. The van der Waals surface area contributed by atoms with Crippen LogP contribution in [0.4, 0.5) is 0 Å². The Hall–Kier alpha value is -2.55. The lowest BCUT2D eigenvalue weighted by Crippen LogP contribution is -2.07. The van der Waals surface area contributed by atoms with Gasteiger partial charge >= 0.3 is 5.63 Å². The van der Waals surface area contributed by atoms with E-state index in [0.717, 1.165) is 33.4 Å². The maximum absolute atomic E-state index is 12.2. The number of hydrogen-bond acceptors (Lipinski definition) is 3. The second-order valence-corrected chi connectivity index (χ2v) is 6.87. The molecule has 1 heterocycles. The highest BCUT2D eigenvalue weighted by molar-refractivity contribution is 5.95. The van der Waals surface area contributed by atoms with Gasteiger partial charge in [0, 0.05) is 11.1 Å². The van der Waals surface area contributed by atoms with Crippen molar-refractivity contribution in [2.45, 2.75) is 40.5 Å². The quantitative estimate of drug-likeness (QED) is 0.591. The van der Waals surface area contributed by atoms with Crippen LogP contribution in [0, 0.1) is 20.8 Å². The Labute approximate surface area is 148 Å². The summed E-state index contributed by atoms with van der Waals surface area (Å²) in [5, 5.41) is 0.875. The lowest BCUT2D eigenvalue weighted by atomic mass is 9.93. The largest absolute Gasteiger partial charge is 0.496 e. The van der Waals surface area contributed by atoms with Crippen LogP contribution in [0.5, 0.6) is 5.75 Å². The number of rotatable bonds is 3. The minimum absolute atomic E-state index is 0.289. The Morgan fingerprint density at radius 2 is 1.60 bits per heavy atom. The van der Waals surface area contributed by atoms with Crippen LogP contribution in [0.3, 0.4) is 0 Å². The van der Waals surface area contributed by atoms with Crippen molar-refractivity contribution in [3.63, 3.8) is 0 Å². The molecule has 0 unspecified atom stereocenters. The van der Waals surface area contributed by atoms with Gasteiger partial charge in [-0.3, -0.25) is 0 Å². The molecule has 3 aromatic rings. The Kier molecular flexibility index (Phi) is 4.42. The summed E-state index contributed by atoms with van der Waals surface area (Å²) in [5.41, 5.74) is 6.21. The van der Waals surface area contributed by atoms with Crippen LogP contribution in [0.1, 0.15) is 42.0 Å². The molecule has 0 N–H and O–H groups in total. The van der Waals surface area contributed by atoms with Crippen molar-refractivity contribution in [2.75, 3.05) is 7.11 Å². The van der Waals surface area contributed by atoms with Crippen molar-refractivity contribution >= 4 is 11.0 Å². The molecule has 0 bridgehead atoms. The Bertz CT molecular complexity index is 993. The van der Waals surface area contributed by atoms with Crippen LogP contribution in [-0.4, -0.2) is 7.11 Å². The molecule has 0 aliphatic rings. The number of methoxy groups -OCH3 is 1. The normalized spacial score (nSPS) is 11.3. The Morgan fingerprint density at radius 3 is 2.16 bits per heavy atom. The molecule has 0 spiro atoms. The van der Waals surface area contributed by atoms with Crippen LogP contribution < -0.4 is 10.4 Å². The molecular weight excluding hydrogens is 312 g/mol. The van der Waals surface area contributed by atoms with Gasteiger partial charge in [0.1, 0.15) is 11.3 Å². The molecule has 3 rings (SSSR count). The van der Waals surface area contributed by atoms with Crippen molar-refractivity contribution in [2.24, 2.45) is 0 Å². The van der Waals surface area contributed by atoms with E-state index < -0.39 is 0 Å². The zero-order valence-electron chi connectivity index (χ0n) is 15.7. The summed E-state index contributed by atoms with van der Waals surface area (Å²) in [6, 6.07) is 10.6. The first-order valence-electron chi connectivity index (χ1n) is 8.57. The maximum atomic E-state index is 12.2. The van der Waals surface area contributed by atoms with Gasteiger partial charge in [0.25, 0.3) is 0 Å². The summed E-state index contributed by atoms with van der Waals surface area (Å²) in [7, 11) is 1.65. The number of ether oxygens (including phenoxy) is 1. The average molecular weight is 336 g/mol. The van der Waals surface area contributed by atoms with Crippen molar-refractivity contribution in [1.29, 1.82) is 0 Å². The zero-order valence-corrected chi connectivity index (χ0v) is 15.7. The van der Waals surface area contributed by atoms with Crippen LogP contribution in [0.25, 0.3) is 22.1 Å². The van der Waals surface area contributed by atoms with Crippen LogP contribution in [0.2, 0.25) is 0 Å². The first-order valence-corrected chi connectivity index (χ1v) is 8.57. The highest BCUT2D eigenvalue weighted by Gasteiger charge is 2.18. The zero-order chi connectivity index (χ0) is 18.3. The number of aryl methyl sites for hydroxylation is 2. The molecule has 0 saturated heterocycles. The number of hydrogen-bond donors (Lipinski definition) is 0. The van der Waals surface area contributed by atoms with E-state index in [4.69, 9.17) is 9.15 Å². The molecule has 3 nitrogen and oxygen atoms in total. The van der Waals surface area contributed by atoms with E-state index in [2.05, 4.69) is 38.1 Å². The van der Waals surface area contributed by atoms with Crippen molar-refractivity contribution in [3.8, 4) is 16.9 Å². The third-order valence-corrected chi connectivity index (χ3v) is 5.04. The Morgan fingerprint density at radius 1 is 0.960 bits per heavy atom. The molecule has 0 atom stereocenters. The van der Waals surface area contributed by atoms with Crippen LogP contribution in [0.15, 0.2) is 39.5 Å². The highest BCUT2D eigenvalue weighted by Crippen LogP contribution is 2.38. The topological polar surface area (TPSA) is 39.4 Å². The summed E-state index contributed by atoms with van der Waals surface area (Å²) >= 11 is 0. The number of benzene rings is 2.